The van der Waals surface area contributed by atoms with E-state index in [1.165, 1.54) is 10.3 Å². The lowest BCUT2D eigenvalue weighted by Gasteiger charge is -2.00. The highest BCUT2D eigenvalue weighted by atomic mass is 32.1. The van der Waals surface area contributed by atoms with Crippen LogP contribution < -0.4 is 5.73 Å². The average Bonchev–Trinajstić information content (AvgIpc) is 2.48. The van der Waals surface area contributed by atoms with Crippen molar-refractivity contribution in [3.8, 4) is 0 Å². The standard InChI is InChI=1S/C10H12N2S/c1-7(11)6-10-8-4-2-3-5-9(8)12-13-10/h2-5,7H,6,11H2,1H3. The fourth-order valence-corrected chi connectivity index (χ4v) is 2.36. The van der Waals surface area contributed by atoms with Crippen LogP contribution in [0.2, 0.25) is 0 Å². The van der Waals surface area contributed by atoms with Crippen molar-refractivity contribution in [1.82, 2.24) is 4.37 Å². The normalized spacial score (nSPS) is 13.4. The number of rotatable bonds is 2. The second kappa shape index (κ2) is 3.44. The van der Waals surface area contributed by atoms with E-state index in [1.54, 1.807) is 11.5 Å². The maximum absolute atomic E-state index is 5.75. The monoisotopic (exact) mass is 192 g/mol. The molecule has 1 unspecified atom stereocenters. The van der Waals surface area contributed by atoms with Crippen LogP contribution in [-0.2, 0) is 6.42 Å². The van der Waals surface area contributed by atoms with Gasteiger partial charge >= 0.3 is 0 Å². The Hall–Kier alpha value is -0.930. The lowest BCUT2D eigenvalue weighted by atomic mass is 10.1. The first-order valence-electron chi connectivity index (χ1n) is 4.36. The minimum Gasteiger partial charge on any atom is -0.328 e. The van der Waals surface area contributed by atoms with Gasteiger partial charge in [-0.1, -0.05) is 18.2 Å². The van der Waals surface area contributed by atoms with Gasteiger partial charge in [-0.05, 0) is 30.9 Å². The summed E-state index contributed by atoms with van der Waals surface area (Å²) in [4.78, 5) is 1.30. The van der Waals surface area contributed by atoms with E-state index in [9.17, 15) is 0 Å². The van der Waals surface area contributed by atoms with Gasteiger partial charge in [0.25, 0.3) is 0 Å². The first kappa shape index (κ1) is 8.66. The first-order valence-corrected chi connectivity index (χ1v) is 5.13. The van der Waals surface area contributed by atoms with Gasteiger partial charge in [0.2, 0.25) is 0 Å². The van der Waals surface area contributed by atoms with Gasteiger partial charge < -0.3 is 5.73 Å². The Morgan fingerprint density at radius 2 is 2.23 bits per heavy atom. The Bertz CT molecular complexity index is 406. The molecule has 0 fully saturated rings. The predicted octanol–water partition coefficient (Wildman–Crippen LogP) is 2.19. The van der Waals surface area contributed by atoms with E-state index in [0.717, 1.165) is 11.9 Å². The van der Waals surface area contributed by atoms with Gasteiger partial charge in [-0.25, -0.2) is 0 Å². The molecule has 2 nitrogen and oxygen atoms in total. The summed E-state index contributed by atoms with van der Waals surface area (Å²) in [7, 11) is 0. The fourth-order valence-electron chi connectivity index (χ4n) is 1.38. The maximum Gasteiger partial charge on any atom is 0.0843 e. The third kappa shape index (κ3) is 1.71. The molecular weight excluding hydrogens is 180 g/mol. The van der Waals surface area contributed by atoms with Crippen molar-refractivity contribution >= 4 is 22.4 Å². The van der Waals surface area contributed by atoms with Crippen LogP contribution in [-0.4, -0.2) is 10.4 Å². The second-order valence-corrected chi connectivity index (χ2v) is 4.16. The zero-order valence-corrected chi connectivity index (χ0v) is 8.34. The van der Waals surface area contributed by atoms with E-state index in [1.807, 2.05) is 25.1 Å². The van der Waals surface area contributed by atoms with Crippen LogP contribution in [0, 0.1) is 0 Å². The molecular formula is C10H12N2S. The van der Waals surface area contributed by atoms with Gasteiger partial charge in [-0.15, -0.1) is 0 Å². The van der Waals surface area contributed by atoms with E-state index >= 15 is 0 Å². The molecule has 3 heteroatoms. The molecule has 2 N–H and O–H groups in total. The van der Waals surface area contributed by atoms with Gasteiger partial charge in [0.1, 0.15) is 0 Å². The van der Waals surface area contributed by atoms with Gasteiger partial charge in [-0.2, -0.15) is 4.37 Å². The molecule has 0 saturated carbocycles. The van der Waals surface area contributed by atoms with Crippen molar-refractivity contribution in [3.63, 3.8) is 0 Å². The fraction of sp³-hybridized carbons (Fsp3) is 0.300. The summed E-state index contributed by atoms with van der Waals surface area (Å²) < 4.78 is 4.36. The Labute approximate surface area is 81.5 Å². The molecule has 1 aromatic carbocycles. The number of nitrogens with two attached hydrogens (primary N) is 1. The summed E-state index contributed by atoms with van der Waals surface area (Å²) in [5.74, 6) is 0. The molecule has 0 aliphatic carbocycles. The highest BCUT2D eigenvalue weighted by Crippen LogP contribution is 2.22. The Balaban J connectivity index is 2.46. The van der Waals surface area contributed by atoms with E-state index < -0.39 is 0 Å². The molecule has 0 saturated heterocycles. The van der Waals surface area contributed by atoms with Crippen molar-refractivity contribution < 1.29 is 0 Å². The third-order valence-corrected chi connectivity index (χ3v) is 2.86. The minimum absolute atomic E-state index is 0.212. The zero-order chi connectivity index (χ0) is 9.26. The number of fused-ring (bicyclic) bond motifs is 1. The number of benzene rings is 1. The summed E-state index contributed by atoms with van der Waals surface area (Å²) >= 11 is 1.56. The van der Waals surface area contributed by atoms with Crippen LogP contribution in [0.1, 0.15) is 11.8 Å². The van der Waals surface area contributed by atoms with E-state index in [2.05, 4.69) is 10.4 Å². The van der Waals surface area contributed by atoms with Gasteiger partial charge in [-0.3, -0.25) is 0 Å². The molecule has 0 radical (unpaired) electrons. The molecule has 2 rings (SSSR count). The SMILES string of the molecule is CC(N)Cc1snc2ccccc12. The summed E-state index contributed by atoms with van der Waals surface area (Å²) in [6.07, 6.45) is 0.922. The predicted molar refractivity (Wildman–Crippen MR) is 57.0 cm³/mol. The number of hydrogen-bond donors (Lipinski definition) is 1. The van der Waals surface area contributed by atoms with Gasteiger partial charge in [0, 0.05) is 16.3 Å². The van der Waals surface area contributed by atoms with Crippen molar-refractivity contribution in [2.45, 2.75) is 19.4 Å². The van der Waals surface area contributed by atoms with E-state index in [4.69, 9.17) is 5.73 Å². The summed E-state index contributed by atoms with van der Waals surface area (Å²) in [5, 5.41) is 1.25. The molecule has 68 valence electrons. The van der Waals surface area contributed by atoms with Crippen LogP contribution in [0.5, 0.6) is 0 Å². The molecule has 0 amide bonds. The molecule has 2 aromatic rings. The lowest BCUT2D eigenvalue weighted by Crippen LogP contribution is -2.17. The van der Waals surface area contributed by atoms with Gasteiger partial charge in [0.05, 0.1) is 5.52 Å². The number of nitrogens with zero attached hydrogens (tertiary/aromatic N) is 1. The summed E-state index contributed by atoms with van der Waals surface area (Å²) in [6, 6.07) is 8.41. The molecule has 1 heterocycles. The molecule has 0 aliphatic rings. The Morgan fingerprint density at radius 3 is 3.00 bits per heavy atom. The molecule has 0 aliphatic heterocycles. The summed E-state index contributed by atoms with van der Waals surface area (Å²) in [6.45, 7) is 2.02. The van der Waals surface area contributed by atoms with Crippen molar-refractivity contribution in [3.05, 3.63) is 29.1 Å². The second-order valence-electron chi connectivity index (χ2n) is 3.30. The van der Waals surface area contributed by atoms with E-state index in [-0.39, 0.29) is 6.04 Å². The van der Waals surface area contributed by atoms with Crippen LogP contribution in [0.4, 0.5) is 0 Å². The quantitative estimate of drug-likeness (QED) is 0.792. The largest absolute Gasteiger partial charge is 0.328 e. The Morgan fingerprint density at radius 1 is 1.46 bits per heavy atom. The topological polar surface area (TPSA) is 38.9 Å². The third-order valence-electron chi connectivity index (χ3n) is 1.97. The molecule has 13 heavy (non-hydrogen) atoms. The van der Waals surface area contributed by atoms with Crippen LogP contribution in [0.3, 0.4) is 0 Å². The molecule has 1 aromatic heterocycles. The maximum atomic E-state index is 5.75. The van der Waals surface area contributed by atoms with E-state index in [0.29, 0.717) is 0 Å². The molecule has 1 atom stereocenters. The van der Waals surface area contributed by atoms with Crippen molar-refractivity contribution in [2.24, 2.45) is 5.73 Å². The van der Waals surface area contributed by atoms with Crippen molar-refractivity contribution in [2.75, 3.05) is 0 Å². The zero-order valence-electron chi connectivity index (χ0n) is 7.53. The lowest BCUT2D eigenvalue weighted by molar-refractivity contribution is 0.749. The smallest absolute Gasteiger partial charge is 0.0843 e. The number of aromatic nitrogens is 1. The van der Waals surface area contributed by atoms with Gasteiger partial charge in [0.15, 0.2) is 0 Å². The minimum atomic E-state index is 0.212. The highest BCUT2D eigenvalue weighted by Gasteiger charge is 2.06. The first-order chi connectivity index (χ1) is 6.27. The average molecular weight is 192 g/mol. The van der Waals surface area contributed by atoms with Crippen LogP contribution in [0.15, 0.2) is 24.3 Å². The molecule has 0 bridgehead atoms. The van der Waals surface area contributed by atoms with Crippen LogP contribution in [0.25, 0.3) is 10.9 Å². The number of hydrogen-bond acceptors (Lipinski definition) is 3. The molecule has 0 spiro atoms. The van der Waals surface area contributed by atoms with Crippen LogP contribution >= 0.6 is 11.5 Å². The highest BCUT2D eigenvalue weighted by molar-refractivity contribution is 7.07. The summed E-state index contributed by atoms with van der Waals surface area (Å²) in [5.41, 5.74) is 6.84. The Kier molecular flexibility index (Phi) is 2.29. The van der Waals surface area contributed by atoms with Crippen molar-refractivity contribution in [1.29, 1.82) is 0 Å².